The molecule has 0 saturated carbocycles. The Morgan fingerprint density at radius 2 is 2.00 bits per heavy atom. The van der Waals surface area contributed by atoms with Crippen molar-refractivity contribution in [3.63, 3.8) is 0 Å². The first-order valence-electron chi connectivity index (χ1n) is 7.05. The molecule has 1 aliphatic heterocycles. The fourth-order valence-electron chi connectivity index (χ4n) is 2.57. The van der Waals surface area contributed by atoms with E-state index in [4.69, 9.17) is 23.2 Å². The van der Waals surface area contributed by atoms with E-state index in [1.807, 2.05) is 17.0 Å². The minimum Gasteiger partial charge on any atom is -0.338 e. The zero-order valence-corrected chi connectivity index (χ0v) is 13.2. The molecule has 1 fully saturated rings. The fraction of sp³-hybridized carbons (Fsp3) is 0.533. The second-order valence-electron chi connectivity index (χ2n) is 5.30. The number of rotatable bonds is 3. The molecular weight excluding hydrogens is 295 g/mol. The number of amides is 2. The van der Waals surface area contributed by atoms with Gasteiger partial charge in [-0.25, -0.2) is 4.79 Å². The van der Waals surface area contributed by atoms with Crippen molar-refractivity contribution in [1.82, 2.24) is 10.2 Å². The minimum absolute atomic E-state index is 0.0327. The first-order valence-corrected chi connectivity index (χ1v) is 7.81. The highest BCUT2D eigenvalue weighted by molar-refractivity contribution is 6.34. The number of halogens is 2. The lowest BCUT2D eigenvalue weighted by Gasteiger charge is -2.33. The van der Waals surface area contributed by atoms with Crippen molar-refractivity contribution in [2.24, 2.45) is 0 Å². The second kappa shape index (κ2) is 7.19. The molecule has 0 spiro atoms. The van der Waals surface area contributed by atoms with Crippen LogP contribution in [0.25, 0.3) is 0 Å². The van der Waals surface area contributed by atoms with Crippen LogP contribution in [0.15, 0.2) is 18.2 Å². The van der Waals surface area contributed by atoms with Crippen molar-refractivity contribution in [3.05, 3.63) is 33.8 Å². The largest absolute Gasteiger partial charge is 0.338 e. The summed E-state index contributed by atoms with van der Waals surface area (Å²) in [6, 6.07) is 5.84. The van der Waals surface area contributed by atoms with Gasteiger partial charge in [-0.15, -0.1) is 0 Å². The monoisotopic (exact) mass is 314 g/mol. The summed E-state index contributed by atoms with van der Waals surface area (Å²) in [5, 5.41) is 4.23. The van der Waals surface area contributed by atoms with Crippen LogP contribution in [-0.2, 0) is 6.42 Å². The third-order valence-corrected chi connectivity index (χ3v) is 4.11. The SMILES string of the molecule is CC1CCCCN1C(=O)NCCc1cc(Cl)cc(Cl)c1. The third-order valence-electron chi connectivity index (χ3n) is 3.68. The molecule has 0 aliphatic carbocycles. The van der Waals surface area contributed by atoms with Crippen LogP contribution < -0.4 is 5.32 Å². The van der Waals surface area contributed by atoms with Crippen molar-refractivity contribution >= 4 is 29.2 Å². The first-order chi connectivity index (χ1) is 9.56. The molecule has 0 bridgehead atoms. The highest BCUT2D eigenvalue weighted by Gasteiger charge is 2.22. The van der Waals surface area contributed by atoms with E-state index < -0.39 is 0 Å². The Morgan fingerprint density at radius 3 is 2.65 bits per heavy atom. The summed E-state index contributed by atoms with van der Waals surface area (Å²) in [4.78, 5) is 14.0. The van der Waals surface area contributed by atoms with Gasteiger partial charge in [0, 0.05) is 29.2 Å². The van der Waals surface area contributed by atoms with Gasteiger partial charge in [-0.2, -0.15) is 0 Å². The number of nitrogens with zero attached hydrogens (tertiary/aromatic N) is 1. The average molecular weight is 315 g/mol. The molecule has 3 nitrogen and oxygen atoms in total. The van der Waals surface area contributed by atoms with Crippen molar-refractivity contribution in [2.75, 3.05) is 13.1 Å². The van der Waals surface area contributed by atoms with E-state index in [9.17, 15) is 4.79 Å². The Labute approximate surface area is 130 Å². The van der Waals surface area contributed by atoms with E-state index in [2.05, 4.69) is 12.2 Å². The summed E-state index contributed by atoms with van der Waals surface area (Å²) in [7, 11) is 0. The van der Waals surface area contributed by atoms with E-state index in [0.717, 1.165) is 31.4 Å². The standard InChI is InChI=1S/C15H20Cl2N2O/c1-11-4-2-3-7-19(11)15(20)18-6-5-12-8-13(16)10-14(17)9-12/h8-11H,2-7H2,1H3,(H,18,20). The molecule has 20 heavy (non-hydrogen) atoms. The highest BCUT2D eigenvalue weighted by Crippen LogP contribution is 2.19. The van der Waals surface area contributed by atoms with Crippen LogP contribution >= 0.6 is 23.2 Å². The lowest BCUT2D eigenvalue weighted by atomic mass is 10.0. The molecule has 5 heteroatoms. The van der Waals surface area contributed by atoms with Crippen LogP contribution in [0.2, 0.25) is 10.0 Å². The summed E-state index contributed by atoms with van der Waals surface area (Å²) in [5.74, 6) is 0. The summed E-state index contributed by atoms with van der Waals surface area (Å²) in [6.07, 6.45) is 4.14. The maximum atomic E-state index is 12.1. The molecule has 1 atom stereocenters. The number of piperidine rings is 1. The Bertz CT molecular complexity index is 459. The molecule has 1 aliphatic rings. The van der Waals surface area contributed by atoms with Gasteiger partial charge < -0.3 is 10.2 Å². The molecule has 0 aromatic heterocycles. The van der Waals surface area contributed by atoms with Crippen molar-refractivity contribution in [2.45, 2.75) is 38.6 Å². The molecule has 1 heterocycles. The minimum atomic E-state index is 0.0327. The molecular formula is C15H20Cl2N2O. The molecule has 1 aromatic rings. The third kappa shape index (κ3) is 4.29. The van der Waals surface area contributed by atoms with Gasteiger partial charge in [0.05, 0.1) is 0 Å². The van der Waals surface area contributed by atoms with Gasteiger partial charge >= 0.3 is 6.03 Å². The van der Waals surface area contributed by atoms with E-state index in [0.29, 0.717) is 22.6 Å². The lowest BCUT2D eigenvalue weighted by molar-refractivity contribution is 0.158. The number of carbonyl (C=O) groups is 1. The summed E-state index contributed by atoms with van der Waals surface area (Å²) < 4.78 is 0. The number of likely N-dealkylation sites (tertiary alicyclic amines) is 1. The average Bonchev–Trinajstić information content (AvgIpc) is 2.38. The number of nitrogens with one attached hydrogen (secondary N) is 1. The van der Waals surface area contributed by atoms with E-state index in [1.54, 1.807) is 6.07 Å². The molecule has 1 aromatic carbocycles. The van der Waals surface area contributed by atoms with E-state index in [-0.39, 0.29) is 6.03 Å². The Hall–Kier alpha value is -0.930. The lowest BCUT2D eigenvalue weighted by Crippen LogP contribution is -2.47. The predicted molar refractivity (Wildman–Crippen MR) is 83.6 cm³/mol. The molecule has 0 radical (unpaired) electrons. The molecule has 1 saturated heterocycles. The topological polar surface area (TPSA) is 32.3 Å². The number of carbonyl (C=O) groups excluding carboxylic acids is 1. The van der Waals surface area contributed by atoms with Crippen LogP contribution in [0.3, 0.4) is 0 Å². The highest BCUT2D eigenvalue weighted by atomic mass is 35.5. The van der Waals surface area contributed by atoms with Gasteiger partial charge in [0.15, 0.2) is 0 Å². The smallest absolute Gasteiger partial charge is 0.317 e. The van der Waals surface area contributed by atoms with Crippen LogP contribution in [0.1, 0.15) is 31.7 Å². The summed E-state index contributed by atoms with van der Waals surface area (Å²) in [6.45, 7) is 3.56. The zero-order valence-electron chi connectivity index (χ0n) is 11.7. The number of hydrogen-bond donors (Lipinski definition) is 1. The Morgan fingerprint density at radius 1 is 1.30 bits per heavy atom. The van der Waals surface area contributed by atoms with Crippen LogP contribution in [-0.4, -0.2) is 30.1 Å². The van der Waals surface area contributed by atoms with Gasteiger partial charge in [-0.1, -0.05) is 23.2 Å². The van der Waals surface area contributed by atoms with Crippen molar-refractivity contribution in [1.29, 1.82) is 0 Å². The number of urea groups is 1. The molecule has 110 valence electrons. The predicted octanol–water partition coefficient (Wildman–Crippen LogP) is 4.12. The summed E-state index contributed by atoms with van der Waals surface area (Å²) >= 11 is 11.9. The van der Waals surface area contributed by atoms with E-state index >= 15 is 0 Å². The van der Waals surface area contributed by atoms with Gasteiger partial charge in [0.2, 0.25) is 0 Å². The van der Waals surface area contributed by atoms with Gasteiger partial charge in [0.1, 0.15) is 0 Å². The van der Waals surface area contributed by atoms with Crippen molar-refractivity contribution < 1.29 is 4.79 Å². The summed E-state index contributed by atoms with van der Waals surface area (Å²) in [5.41, 5.74) is 1.04. The zero-order chi connectivity index (χ0) is 14.5. The first kappa shape index (κ1) is 15.5. The second-order valence-corrected chi connectivity index (χ2v) is 6.17. The van der Waals surface area contributed by atoms with Gasteiger partial charge in [-0.3, -0.25) is 0 Å². The Kier molecular flexibility index (Phi) is 5.55. The molecule has 2 rings (SSSR count). The van der Waals surface area contributed by atoms with E-state index in [1.165, 1.54) is 6.42 Å². The van der Waals surface area contributed by atoms with Gasteiger partial charge in [0.25, 0.3) is 0 Å². The quantitative estimate of drug-likeness (QED) is 0.894. The molecule has 1 unspecified atom stereocenters. The van der Waals surface area contributed by atoms with Crippen LogP contribution in [0.5, 0.6) is 0 Å². The Balaban J connectivity index is 1.81. The van der Waals surface area contributed by atoms with Crippen LogP contribution in [0, 0.1) is 0 Å². The maximum absolute atomic E-state index is 12.1. The fourth-order valence-corrected chi connectivity index (χ4v) is 3.14. The van der Waals surface area contributed by atoms with Crippen LogP contribution in [0.4, 0.5) is 4.79 Å². The number of hydrogen-bond acceptors (Lipinski definition) is 1. The van der Waals surface area contributed by atoms with Crippen molar-refractivity contribution in [3.8, 4) is 0 Å². The normalized spacial score (nSPS) is 18.9. The molecule has 2 amide bonds. The van der Waals surface area contributed by atoms with Gasteiger partial charge in [-0.05, 0) is 56.4 Å². The maximum Gasteiger partial charge on any atom is 0.317 e. The number of benzene rings is 1. The molecule has 1 N–H and O–H groups in total.